The van der Waals surface area contributed by atoms with Gasteiger partial charge in [-0.25, -0.2) is 4.39 Å². The minimum atomic E-state index is -1.01. The summed E-state index contributed by atoms with van der Waals surface area (Å²) in [4.78, 5) is 0. The molecule has 0 radical (unpaired) electrons. The van der Waals surface area contributed by atoms with Gasteiger partial charge in [-0.1, -0.05) is 11.6 Å². The fraction of sp³-hybridized carbons (Fsp3) is 0.167. The van der Waals surface area contributed by atoms with Gasteiger partial charge in [-0.05, 0) is 52.7 Å². The Balaban J connectivity index is 2.43. The van der Waals surface area contributed by atoms with Crippen LogP contribution in [0.1, 0.15) is 23.0 Å². The Kier molecular flexibility index (Phi) is 3.56. The molecule has 17 heavy (non-hydrogen) atoms. The van der Waals surface area contributed by atoms with Crippen LogP contribution in [-0.2, 0) is 0 Å². The second kappa shape index (κ2) is 4.80. The molecular weight excluding hydrogens is 310 g/mol. The zero-order valence-electron chi connectivity index (χ0n) is 8.88. The molecule has 0 saturated carbocycles. The van der Waals surface area contributed by atoms with Crippen molar-refractivity contribution >= 4 is 27.5 Å². The van der Waals surface area contributed by atoms with Crippen molar-refractivity contribution < 1.29 is 13.9 Å². The average molecular weight is 320 g/mol. The molecule has 0 bridgehead atoms. The predicted molar refractivity (Wildman–Crippen MR) is 66.6 cm³/mol. The summed E-state index contributed by atoms with van der Waals surface area (Å²) < 4.78 is 19.0. The summed E-state index contributed by atoms with van der Waals surface area (Å²) >= 11 is 9.05. The van der Waals surface area contributed by atoms with E-state index in [9.17, 15) is 9.50 Å². The molecule has 2 rings (SSSR count). The molecule has 1 N–H and O–H groups in total. The zero-order chi connectivity index (χ0) is 12.6. The van der Waals surface area contributed by atoms with E-state index in [-0.39, 0.29) is 5.02 Å². The number of aliphatic hydroxyl groups excluding tert-OH is 1. The lowest BCUT2D eigenvalue weighted by Gasteiger charge is -2.11. The van der Waals surface area contributed by atoms with Crippen molar-refractivity contribution in [2.75, 3.05) is 0 Å². The lowest BCUT2D eigenvalue weighted by atomic mass is 10.0. The standard InChI is InChI=1S/C12H9BrClFO2/c1-6-4-7(8(14)5-9(6)15)12(16)10-2-3-11(13)17-10/h2-5,12,16H,1H3. The Morgan fingerprint density at radius 2 is 2.12 bits per heavy atom. The fourth-order valence-corrected chi connectivity index (χ4v) is 2.09. The predicted octanol–water partition coefficient (Wildman–Crippen LogP) is 4.22. The SMILES string of the molecule is Cc1cc(C(O)c2ccc(Br)o2)c(Cl)cc1F. The van der Waals surface area contributed by atoms with Gasteiger partial charge in [0.2, 0.25) is 0 Å². The first-order valence-electron chi connectivity index (χ1n) is 4.88. The van der Waals surface area contributed by atoms with Crippen molar-refractivity contribution in [3.8, 4) is 0 Å². The highest BCUT2D eigenvalue weighted by atomic mass is 79.9. The second-order valence-electron chi connectivity index (χ2n) is 3.67. The minimum Gasteiger partial charge on any atom is -0.451 e. The van der Waals surface area contributed by atoms with Gasteiger partial charge in [0.15, 0.2) is 4.67 Å². The smallest absolute Gasteiger partial charge is 0.169 e. The van der Waals surface area contributed by atoms with E-state index < -0.39 is 11.9 Å². The summed E-state index contributed by atoms with van der Waals surface area (Å²) in [7, 11) is 0. The Morgan fingerprint density at radius 3 is 2.71 bits per heavy atom. The molecule has 0 aliphatic rings. The Bertz CT molecular complexity index is 553. The Labute approximate surface area is 111 Å². The maximum atomic E-state index is 13.2. The van der Waals surface area contributed by atoms with Crippen LogP contribution in [0.15, 0.2) is 33.4 Å². The highest BCUT2D eigenvalue weighted by Crippen LogP contribution is 2.32. The van der Waals surface area contributed by atoms with Crippen LogP contribution in [0.3, 0.4) is 0 Å². The van der Waals surface area contributed by atoms with Crippen LogP contribution in [0.2, 0.25) is 5.02 Å². The second-order valence-corrected chi connectivity index (χ2v) is 4.86. The first-order chi connectivity index (χ1) is 7.99. The maximum absolute atomic E-state index is 13.2. The van der Waals surface area contributed by atoms with Crippen molar-refractivity contribution in [3.05, 3.63) is 56.7 Å². The number of hydrogen-bond donors (Lipinski definition) is 1. The molecule has 0 aliphatic heterocycles. The summed E-state index contributed by atoms with van der Waals surface area (Å²) in [6, 6.07) is 6.00. The van der Waals surface area contributed by atoms with Gasteiger partial charge >= 0.3 is 0 Å². The largest absolute Gasteiger partial charge is 0.451 e. The van der Waals surface area contributed by atoms with Gasteiger partial charge in [0.1, 0.15) is 17.7 Å². The van der Waals surface area contributed by atoms with Crippen molar-refractivity contribution in [2.45, 2.75) is 13.0 Å². The van der Waals surface area contributed by atoms with Gasteiger partial charge in [0.25, 0.3) is 0 Å². The van der Waals surface area contributed by atoms with E-state index in [4.69, 9.17) is 16.0 Å². The number of aryl methyl sites for hydroxylation is 1. The van der Waals surface area contributed by atoms with Gasteiger partial charge in [0, 0.05) is 10.6 Å². The van der Waals surface area contributed by atoms with Crippen LogP contribution < -0.4 is 0 Å². The van der Waals surface area contributed by atoms with Crippen LogP contribution in [0, 0.1) is 12.7 Å². The van der Waals surface area contributed by atoms with Crippen molar-refractivity contribution in [1.29, 1.82) is 0 Å². The molecule has 1 aromatic heterocycles. The quantitative estimate of drug-likeness (QED) is 0.899. The molecule has 5 heteroatoms. The Hall–Kier alpha value is -0.840. The number of halogens is 3. The molecule has 0 fully saturated rings. The number of hydrogen-bond acceptors (Lipinski definition) is 2. The number of rotatable bonds is 2. The van der Waals surface area contributed by atoms with Crippen LogP contribution in [0.4, 0.5) is 4.39 Å². The highest BCUT2D eigenvalue weighted by molar-refractivity contribution is 9.10. The minimum absolute atomic E-state index is 0.174. The van der Waals surface area contributed by atoms with Crippen LogP contribution in [0.25, 0.3) is 0 Å². The van der Waals surface area contributed by atoms with Gasteiger partial charge in [-0.15, -0.1) is 0 Å². The molecule has 2 aromatic rings. The topological polar surface area (TPSA) is 33.4 Å². The number of benzene rings is 1. The molecule has 1 unspecified atom stereocenters. The summed E-state index contributed by atoms with van der Waals surface area (Å²) in [5.41, 5.74) is 0.849. The number of furan rings is 1. The normalized spacial score (nSPS) is 12.8. The van der Waals surface area contributed by atoms with E-state index in [2.05, 4.69) is 15.9 Å². The van der Waals surface area contributed by atoms with E-state index in [0.717, 1.165) is 0 Å². The zero-order valence-corrected chi connectivity index (χ0v) is 11.2. The third kappa shape index (κ3) is 2.54. The van der Waals surface area contributed by atoms with Crippen molar-refractivity contribution in [3.63, 3.8) is 0 Å². The van der Waals surface area contributed by atoms with Crippen LogP contribution >= 0.6 is 27.5 Å². The summed E-state index contributed by atoms with van der Waals surface area (Å²) in [6.07, 6.45) is -1.01. The average Bonchev–Trinajstić information content (AvgIpc) is 2.69. The van der Waals surface area contributed by atoms with E-state index in [0.29, 0.717) is 21.6 Å². The Morgan fingerprint density at radius 1 is 1.41 bits per heavy atom. The molecule has 1 aromatic carbocycles. The molecule has 0 saturated heterocycles. The van der Waals surface area contributed by atoms with Crippen LogP contribution in [-0.4, -0.2) is 5.11 Å². The van der Waals surface area contributed by atoms with Gasteiger partial charge < -0.3 is 9.52 Å². The highest BCUT2D eigenvalue weighted by Gasteiger charge is 2.18. The molecule has 90 valence electrons. The monoisotopic (exact) mass is 318 g/mol. The summed E-state index contributed by atoms with van der Waals surface area (Å²) in [5.74, 6) is -0.0450. The first kappa shape index (κ1) is 12.6. The molecule has 1 atom stereocenters. The van der Waals surface area contributed by atoms with Gasteiger partial charge in [0.05, 0.1) is 0 Å². The molecular formula is C12H9BrClFO2. The molecule has 0 spiro atoms. The summed E-state index contributed by atoms with van der Waals surface area (Å²) in [5, 5.41) is 10.3. The molecule has 0 aliphatic carbocycles. The molecule has 0 amide bonds. The van der Waals surface area contributed by atoms with Crippen molar-refractivity contribution in [1.82, 2.24) is 0 Å². The lowest BCUT2D eigenvalue weighted by molar-refractivity contribution is 0.187. The van der Waals surface area contributed by atoms with E-state index >= 15 is 0 Å². The maximum Gasteiger partial charge on any atom is 0.169 e. The lowest BCUT2D eigenvalue weighted by Crippen LogP contribution is -2.00. The fourth-order valence-electron chi connectivity index (χ4n) is 1.52. The third-order valence-electron chi connectivity index (χ3n) is 2.44. The first-order valence-corrected chi connectivity index (χ1v) is 6.05. The van der Waals surface area contributed by atoms with E-state index in [1.165, 1.54) is 12.1 Å². The third-order valence-corrected chi connectivity index (χ3v) is 3.19. The molecule has 2 nitrogen and oxygen atoms in total. The van der Waals surface area contributed by atoms with Gasteiger partial charge in [-0.2, -0.15) is 0 Å². The van der Waals surface area contributed by atoms with Crippen LogP contribution in [0.5, 0.6) is 0 Å². The van der Waals surface area contributed by atoms with Crippen molar-refractivity contribution in [2.24, 2.45) is 0 Å². The van der Waals surface area contributed by atoms with E-state index in [1.807, 2.05) is 0 Å². The van der Waals surface area contributed by atoms with Gasteiger partial charge in [-0.3, -0.25) is 0 Å². The number of aliphatic hydroxyl groups is 1. The molecule has 1 heterocycles. The summed E-state index contributed by atoms with van der Waals surface area (Å²) in [6.45, 7) is 1.61. The van der Waals surface area contributed by atoms with E-state index in [1.54, 1.807) is 19.1 Å².